The highest BCUT2D eigenvalue weighted by Gasteiger charge is 2.18. The summed E-state index contributed by atoms with van der Waals surface area (Å²) in [7, 11) is 0. The van der Waals surface area contributed by atoms with Gasteiger partial charge in [0.05, 0.1) is 15.0 Å². The SMILES string of the molecule is Brc1scnc1C1CCCCCC1. The first-order valence-corrected chi connectivity index (χ1v) is 6.64. The van der Waals surface area contributed by atoms with Crippen molar-refractivity contribution in [3.63, 3.8) is 0 Å². The second-order valence-electron chi connectivity index (χ2n) is 3.70. The van der Waals surface area contributed by atoms with Crippen LogP contribution in [0.1, 0.15) is 50.1 Å². The summed E-state index contributed by atoms with van der Waals surface area (Å²) in [6.45, 7) is 0. The molecule has 13 heavy (non-hydrogen) atoms. The lowest BCUT2D eigenvalue weighted by Gasteiger charge is -2.11. The first-order chi connectivity index (χ1) is 6.38. The van der Waals surface area contributed by atoms with Gasteiger partial charge < -0.3 is 0 Å². The molecule has 1 saturated carbocycles. The van der Waals surface area contributed by atoms with Gasteiger partial charge in [0.25, 0.3) is 0 Å². The highest BCUT2D eigenvalue weighted by molar-refractivity contribution is 9.11. The van der Waals surface area contributed by atoms with E-state index in [-0.39, 0.29) is 0 Å². The van der Waals surface area contributed by atoms with E-state index in [2.05, 4.69) is 20.9 Å². The molecule has 0 atom stereocenters. The summed E-state index contributed by atoms with van der Waals surface area (Å²) in [5, 5.41) is 0. The van der Waals surface area contributed by atoms with Gasteiger partial charge in [0, 0.05) is 5.92 Å². The third kappa shape index (κ3) is 2.32. The lowest BCUT2D eigenvalue weighted by molar-refractivity contribution is 0.579. The Morgan fingerprint density at radius 2 is 1.92 bits per heavy atom. The molecular formula is C10H14BrNS. The predicted molar refractivity (Wildman–Crippen MR) is 60.3 cm³/mol. The molecule has 72 valence electrons. The number of hydrogen-bond donors (Lipinski definition) is 0. The Morgan fingerprint density at radius 3 is 2.46 bits per heavy atom. The molecule has 1 aromatic heterocycles. The van der Waals surface area contributed by atoms with Crippen LogP contribution in [0.4, 0.5) is 0 Å². The highest BCUT2D eigenvalue weighted by Crippen LogP contribution is 2.36. The van der Waals surface area contributed by atoms with Crippen LogP contribution >= 0.6 is 27.3 Å². The highest BCUT2D eigenvalue weighted by atomic mass is 79.9. The van der Waals surface area contributed by atoms with Crippen LogP contribution in [0.3, 0.4) is 0 Å². The molecule has 2 rings (SSSR count). The van der Waals surface area contributed by atoms with Gasteiger partial charge in [-0.3, -0.25) is 0 Å². The van der Waals surface area contributed by atoms with E-state index >= 15 is 0 Å². The van der Waals surface area contributed by atoms with E-state index in [1.165, 1.54) is 48.0 Å². The number of hydrogen-bond acceptors (Lipinski definition) is 2. The van der Waals surface area contributed by atoms with Gasteiger partial charge in [0.1, 0.15) is 0 Å². The van der Waals surface area contributed by atoms with Crippen molar-refractivity contribution in [3.05, 3.63) is 15.0 Å². The number of aromatic nitrogens is 1. The Balaban J connectivity index is 2.10. The molecule has 1 aromatic rings. The lowest BCUT2D eigenvalue weighted by Crippen LogP contribution is -1.97. The fourth-order valence-corrected chi connectivity index (χ4v) is 3.34. The van der Waals surface area contributed by atoms with Crippen LogP contribution < -0.4 is 0 Å². The smallest absolute Gasteiger partial charge is 0.0931 e. The molecule has 3 heteroatoms. The van der Waals surface area contributed by atoms with Crippen molar-refractivity contribution in [2.75, 3.05) is 0 Å². The van der Waals surface area contributed by atoms with Crippen molar-refractivity contribution < 1.29 is 0 Å². The molecule has 0 N–H and O–H groups in total. The van der Waals surface area contributed by atoms with Crippen molar-refractivity contribution in [1.82, 2.24) is 4.98 Å². The minimum Gasteiger partial charge on any atom is -0.248 e. The number of rotatable bonds is 1. The van der Waals surface area contributed by atoms with Crippen molar-refractivity contribution in [2.24, 2.45) is 0 Å². The van der Waals surface area contributed by atoms with E-state index in [1.54, 1.807) is 11.3 Å². The van der Waals surface area contributed by atoms with E-state index in [0.717, 1.165) is 5.92 Å². The van der Waals surface area contributed by atoms with Gasteiger partial charge in [0.15, 0.2) is 0 Å². The molecule has 1 nitrogen and oxygen atoms in total. The quantitative estimate of drug-likeness (QED) is 0.684. The molecule has 0 saturated heterocycles. The molecule has 0 aromatic carbocycles. The molecule has 1 aliphatic rings. The van der Waals surface area contributed by atoms with Gasteiger partial charge in [-0.15, -0.1) is 11.3 Å². The van der Waals surface area contributed by atoms with Crippen LogP contribution in [0.2, 0.25) is 0 Å². The molecule has 0 spiro atoms. The molecule has 0 aliphatic heterocycles. The third-order valence-corrected chi connectivity index (χ3v) is 4.39. The van der Waals surface area contributed by atoms with Crippen LogP contribution in [0.5, 0.6) is 0 Å². The maximum Gasteiger partial charge on any atom is 0.0931 e. The summed E-state index contributed by atoms with van der Waals surface area (Å²) < 4.78 is 1.25. The molecular weight excluding hydrogens is 246 g/mol. The largest absolute Gasteiger partial charge is 0.248 e. The van der Waals surface area contributed by atoms with Crippen molar-refractivity contribution >= 4 is 27.3 Å². The minimum atomic E-state index is 0.725. The fourth-order valence-electron chi connectivity index (χ4n) is 2.06. The lowest BCUT2D eigenvalue weighted by atomic mass is 9.98. The van der Waals surface area contributed by atoms with E-state index in [9.17, 15) is 0 Å². The Morgan fingerprint density at radius 1 is 1.23 bits per heavy atom. The van der Waals surface area contributed by atoms with Crippen LogP contribution in [-0.4, -0.2) is 4.98 Å². The summed E-state index contributed by atoms with van der Waals surface area (Å²) in [6, 6.07) is 0. The van der Waals surface area contributed by atoms with Gasteiger partial charge in [-0.1, -0.05) is 25.7 Å². The third-order valence-electron chi connectivity index (χ3n) is 2.79. The zero-order chi connectivity index (χ0) is 9.10. The summed E-state index contributed by atoms with van der Waals surface area (Å²) >= 11 is 5.29. The molecule has 0 unspecified atom stereocenters. The Hall–Kier alpha value is 0.110. The minimum absolute atomic E-state index is 0.725. The topological polar surface area (TPSA) is 12.9 Å². The van der Waals surface area contributed by atoms with Crippen LogP contribution in [0.25, 0.3) is 0 Å². The van der Waals surface area contributed by atoms with E-state index in [0.29, 0.717) is 0 Å². The second-order valence-corrected chi connectivity index (χ2v) is 5.87. The fraction of sp³-hybridized carbons (Fsp3) is 0.700. The summed E-state index contributed by atoms with van der Waals surface area (Å²) in [5.41, 5.74) is 3.26. The maximum absolute atomic E-state index is 4.45. The molecule has 0 amide bonds. The van der Waals surface area contributed by atoms with Gasteiger partial charge >= 0.3 is 0 Å². The number of halogens is 1. The second kappa shape index (κ2) is 4.56. The standard InChI is InChI=1S/C10H14BrNS/c11-10-9(12-7-13-10)8-5-3-1-2-4-6-8/h7-8H,1-6H2. The Bertz CT molecular complexity index is 264. The van der Waals surface area contributed by atoms with Crippen LogP contribution in [0, 0.1) is 0 Å². The van der Waals surface area contributed by atoms with E-state index < -0.39 is 0 Å². The molecule has 0 radical (unpaired) electrons. The number of nitrogens with zero attached hydrogens (tertiary/aromatic N) is 1. The first-order valence-electron chi connectivity index (χ1n) is 4.97. The van der Waals surface area contributed by atoms with Gasteiger partial charge in [-0.25, -0.2) is 4.98 Å². The summed E-state index contributed by atoms with van der Waals surface area (Å²) in [6.07, 6.45) is 8.27. The van der Waals surface area contributed by atoms with Crippen molar-refractivity contribution in [3.8, 4) is 0 Å². The zero-order valence-corrected chi connectivity index (χ0v) is 10.0. The first kappa shape index (κ1) is 9.66. The maximum atomic E-state index is 4.45. The van der Waals surface area contributed by atoms with Crippen LogP contribution in [-0.2, 0) is 0 Å². The monoisotopic (exact) mass is 259 g/mol. The van der Waals surface area contributed by atoms with Gasteiger partial charge in [-0.2, -0.15) is 0 Å². The molecule has 1 fully saturated rings. The van der Waals surface area contributed by atoms with Crippen LogP contribution in [0.15, 0.2) is 9.30 Å². The van der Waals surface area contributed by atoms with Crippen molar-refractivity contribution in [1.29, 1.82) is 0 Å². The predicted octanol–water partition coefficient (Wildman–Crippen LogP) is 4.34. The zero-order valence-electron chi connectivity index (χ0n) is 7.63. The Kier molecular flexibility index (Phi) is 3.39. The van der Waals surface area contributed by atoms with E-state index in [4.69, 9.17) is 0 Å². The van der Waals surface area contributed by atoms with Crippen molar-refractivity contribution in [2.45, 2.75) is 44.4 Å². The molecule has 0 bridgehead atoms. The average molecular weight is 260 g/mol. The number of thiazole rings is 1. The molecule has 1 aliphatic carbocycles. The summed E-state index contributed by atoms with van der Waals surface area (Å²) in [4.78, 5) is 4.45. The summed E-state index contributed by atoms with van der Waals surface area (Å²) in [5.74, 6) is 0.725. The normalized spacial score (nSPS) is 20.1. The average Bonchev–Trinajstić information content (AvgIpc) is 2.43. The molecule has 1 heterocycles. The van der Waals surface area contributed by atoms with Gasteiger partial charge in [0.2, 0.25) is 0 Å². The van der Waals surface area contributed by atoms with Gasteiger partial charge in [-0.05, 0) is 28.8 Å². The Labute approximate surface area is 91.7 Å². The van der Waals surface area contributed by atoms with E-state index in [1.807, 2.05) is 5.51 Å².